The molecular formula is C11H12BrFO. The minimum absolute atomic E-state index is 0.0478. The van der Waals surface area contributed by atoms with Crippen molar-refractivity contribution in [3.05, 3.63) is 34.1 Å². The van der Waals surface area contributed by atoms with Crippen LogP contribution in [-0.2, 0) is 11.2 Å². The lowest BCUT2D eigenvalue weighted by molar-refractivity contribution is -0.121. The zero-order valence-corrected chi connectivity index (χ0v) is 9.77. The molecule has 0 radical (unpaired) electrons. The highest BCUT2D eigenvalue weighted by molar-refractivity contribution is 9.10. The molecule has 0 aliphatic heterocycles. The lowest BCUT2D eigenvalue weighted by Crippen LogP contribution is -2.11. The van der Waals surface area contributed by atoms with Crippen molar-refractivity contribution in [1.82, 2.24) is 0 Å². The van der Waals surface area contributed by atoms with Gasteiger partial charge in [0, 0.05) is 16.8 Å². The molecule has 0 fully saturated rings. The third-order valence-electron chi connectivity index (χ3n) is 2.02. The molecule has 0 N–H and O–H groups in total. The molecule has 1 rings (SSSR count). The fourth-order valence-corrected chi connectivity index (χ4v) is 1.48. The summed E-state index contributed by atoms with van der Waals surface area (Å²) in [4.78, 5) is 11.4. The van der Waals surface area contributed by atoms with E-state index in [1.807, 2.05) is 13.8 Å². The number of halogens is 2. The van der Waals surface area contributed by atoms with Crippen LogP contribution in [0.4, 0.5) is 4.39 Å². The molecular weight excluding hydrogens is 247 g/mol. The Morgan fingerprint density at radius 3 is 2.71 bits per heavy atom. The van der Waals surface area contributed by atoms with E-state index < -0.39 is 0 Å². The van der Waals surface area contributed by atoms with Crippen LogP contribution in [0.2, 0.25) is 0 Å². The van der Waals surface area contributed by atoms with Crippen LogP contribution in [0.15, 0.2) is 22.7 Å². The van der Waals surface area contributed by atoms with E-state index >= 15 is 0 Å². The minimum atomic E-state index is -0.317. The van der Waals surface area contributed by atoms with E-state index in [9.17, 15) is 9.18 Å². The molecule has 0 aliphatic rings. The average Bonchev–Trinajstić information content (AvgIpc) is 2.11. The van der Waals surface area contributed by atoms with Crippen molar-refractivity contribution in [3.8, 4) is 0 Å². The Morgan fingerprint density at radius 2 is 2.14 bits per heavy atom. The van der Waals surface area contributed by atoms with Gasteiger partial charge in [0.15, 0.2) is 0 Å². The summed E-state index contributed by atoms with van der Waals surface area (Å²) in [6.07, 6.45) is 0.170. The van der Waals surface area contributed by atoms with E-state index in [1.165, 1.54) is 6.07 Å². The van der Waals surface area contributed by atoms with Gasteiger partial charge in [0.1, 0.15) is 11.6 Å². The summed E-state index contributed by atoms with van der Waals surface area (Å²) in [7, 11) is 0. The first-order valence-electron chi connectivity index (χ1n) is 4.47. The van der Waals surface area contributed by atoms with Gasteiger partial charge in [-0.3, -0.25) is 4.79 Å². The number of hydrogen-bond donors (Lipinski definition) is 0. The van der Waals surface area contributed by atoms with Crippen molar-refractivity contribution in [1.29, 1.82) is 0 Å². The van der Waals surface area contributed by atoms with E-state index in [-0.39, 0.29) is 23.9 Å². The minimum Gasteiger partial charge on any atom is -0.299 e. The summed E-state index contributed by atoms with van der Waals surface area (Å²) in [6.45, 7) is 3.64. The lowest BCUT2D eigenvalue weighted by Gasteiger charge is -2.05. The second kappa shape index (κ2) is 4.69. The standard InChI is InChI=1S/C11H12BrFO/c1-7(2)11(14)6-8-5-9(12)3-4-10(8)13/h3-5,7H,6H2,1-2H3. The van der Waals surface area contributed by atoms with Gasteiger partial charge in [0.25, 0.3) is 0 Å². The fraction of sp³-hybridized carbons (Fsp3) is 0.364. The molecule has 0 heterocycles. The van der Waals surface area contributed by atoms with Crippen LogP contribution in [-0.4, -0.2) is 5.78 Å². The molecule has 0 aliphatic carbocycles. The maximum absolute atomic E-state index is 13.2. The predicted molar refractivity (Wildman–Crippen MR) is 57.6 cm³/mol. The van der Waals surface area contributed by atoms with Crippen LogP contribution in [0.25, 0.3) is 0 Å². The SMILES string of the molecule is CC(C)C(=O)Cc1cc(Br)ccc1F. The zero-order valence-electron chi connectivity index (χ0n) is 8.18. The van der Waals surface area contributed by atoms with Crippen molar-refractivity contribution in [2.75, 3.05) is 0 Å². The van der Waals surface area contributed by atoms with E-state index in [4.69, 9.17) is 0 Å². The molecule has 0 aromatic heterocycles. The van der Waals surface area contributed by atoms with Crippen molar-refractivity contribution in [3.63, 3.8) is 0 Å². The Kier molecular flexibility index (Phi) is 3.81. The fourth-order valence-electron chi connectivity index (χ4n) is 1.07. The number of carbonyl (C=O) groups excluding carboxylic acids is 1. The van der Waals surface area contributed by atoms with E-state index in [0.29, 0.717) is 5.56 Å². The summed E-state index contributed by atoms with van der Waals surface area (Å²) < 4.78 is 14.0. The van der Waals surface area contributed by atoms with E-state index in [2.05, 4.69) is 15.9 Å². The first-order valence-corrected chi connectivity index (χ1v) is 5.26. The average molecular weight is 259 g/mol. The van der Waals surface area contributed by atoms with Gasteiger partial charge in [-0.25, -0.2) is 4.39 Å². The Balaban J connectivity index is 2.86. The Labute approximate surface area is 91.5 Å². The van der Waals surface area contributed by atoms with Gasteiger partial charge in [-0.05, 0) is 23.8 Å². The molecule has 1 nitrogen and oxygen atoms in total. The van der Waals surface area contributed by atoms with E-state index in [0.717, 1.165) is 4.47 Å². The van der Waals surface area contributed by atoms with Crippen LogP contribution in [0.1, 0.15) is 19.4 Å². The first kappa shape index (κ1) is 11.4. The molecule has 0 unspecified atom stereocenters. The largest absolute Gasteiger partial charge is 0.299 e. The summed E-state index contributed by atoms with van der Waals surface area (Å²) in [5.41, 5.74) is 0.457. The van der Waals surface area contributed by atoms with Crippen molar-refractivity contribution in [2.45, 2.75) is 20.3 Å². The number of benzene rings is 1. The first-order chi connectivity index (χ1) is 6.50. The summed E-state index contributed by atoms with van der Waals surface area (Å²) >= 11 is 3.25. The predicted octanol–water partition coefficient (Wildman–Crippen LogP) is 3.36. The van der Waals surface area contributed by atoms with Gasteiger partial charge in [-0.1, -0.05) is 29.8 Å². The second-order valence-corrected chi connectivity index (χ2v) is 4.45. The lowest BCUT2D eigenvalue weighted by atomic mass is 10.0. The number of carbonyl (C=O) groups is 1. The van der Waals surface area contributed by atoms with Crippen LogP contribution in [0.3, 0.4) is 0 Å². The Morgan fingerprint density at radius 1 is 1.50 bits per heavy atom. The summed E-state index contributed by atoms with van der Waals surface area (Å²) in [6, 6.07) is 4.64. The smallest absolute Gasteiger partial charge is 0.139 e. The number of Topliss-reactive ketones (excluding diaryl/α,β-unsaturated/α-hetero) is 1. The molecule has 0 spiro atoms. The van der Waals surface area contributed by atoms with Crippen LogP contribution < -0.4 is 0 Å². The zero-order chi connectivity index (χ0) is 10.7. The summed E-state index contributed by atoms with van der Waals surface area (Å²) in [5, 5.41) is 0. The number of rotatable bonds is 3. The Hall–Kier alpha value is -0.700. The normalized spacial score (nSPS) is 10.6. The van der Waals surface area contributed by atoms with Gasteiger partial charge in [0.2, 0.25) is 0 Å². The van der Waals surface area contributed by atoms with Crippen LogP contribution in [0.5, 0.6) is 0 Å². The van der Waals surface area contributed by atoms with E-state index in [1.54, 1.807) is 12.1 Å². The monoisotopic (exact) mass is 258 g/mol. The molecule has 0 saturated heterocycles. The van der Waals surface area contributed by atoms with Gasteiger partial charge < -0.3 is 0 Å². The molecule has 0 bridgehead atoms. The van der Waals surface area contributed by atoms with Crippen molar-refractivity contribution >= 4 is 21.7 Å². The third-order valence-corrected chi connectivity index (χ3v) is 2.51. The van der Waals surface area contributed by atoms with Gasteiger partial charge in [0.05, 0.1) is 0 Å². The number of hydrogen-bond acceptors (Lipinski definition) is 1. The maximum atomic E-state index is 13.2. The number of ketones is 1. The Bertz CT molecular complexity index is 347. The summed E-state index contributed by atoms with van der Waals surface area (Å²) in [5.74, 6) is -0.308. The molecule has 76 valence electrons. The van der Waals surface area contributed by atoms with Crippen LogP contribution in [0, 0.1) is 11.7 Å². The molecule has 14 heavy (non-hydrogen) atoms. The second-order valence-electron chi connectivity index (χ2n) is 3.53. The molecule has 0 atom stereocenters. The highest BCUT2D eigenvalue weighted by atomic mass is 79.9. The van der Waals surface area contributed by atoms with Crippen molar-refractivity contribution < 1.29 is 9.18 Å². The molecule has 0 amide bonds. The molecule has 1 aromatic carbocycles. The highest BCUT2D eigenvalue weighted by Gasteiger charge is 2.11. The van der Waals surface area contributed by atoms with Gasteiger partial charge >= 0.3 is 0 Å². The molecule has 0 saturated carbocycles. The van der Waals surface area contributed by atoms with Gasteiger partial charge in [-0.2, -0.15) is 0 Å². The van der Waals surface area contributed by atoms with Crippen molar-refractivity contribution in [2.24, 2.45) is 5.92 Å². The maximum Gasteiger partial charge on any atom is 0.139 e. The van der Waals surface area contributed by atoms with Gasteiger partial charge in [-0.15, -0.1) is 0 Å². The highest BCUT2D eigenvalue weighted by Crippen LogP contribution is 2.17. The van der Waals surface area contributed by atoms with Crippen LogP contribution >= 0.6 is 15.9 Å². The third kappa shape index (κ3) is 2.91. The molecule has 3 heteroatoms. The molecule has 1 aromatic rings. The topological polar surface area (TPSA) is 17.1 Å². The quantitative estimate of drug-likeness (QED) is 0.813.